The van der Waals surface area contributed by atoms with Crippen LogP contribution in [0.1, 0.15) is 10.4 Å². The standard InChI is InChI=1S/C18H15F2NO4/c19-18(20)25-14-3-1-2-12(10-14)15(22)6-7-21-13-4-5-16-17(11-13)24-9-8-23-16/h1-7,10-11,18,21H,8-9H2. The van der Waals surface area contributed by atoms with Crippen LogP contribution in [-0.4, -0.2) is 25.6 Å². The average Bonchev–Trinajstić information content (AvgIpc) is 2.61. The number of halogens is 2. The summed E-state index contributed by atoms with van der Waals surface area (Å²) in [5.41, 5.74) is 0.974. The van der Waals surface area contributed by atoms with Crippen LogP contribution >= 0.6 is 0 Å². The lowest BCUT2D eigenvalue weighted by molar-refractivity contribution is -0.0498. The maximum absolute atomic E-state index is 12.2. The summed E-state index contributed by atoms with van der Waals surface area (Å²) >= 11 is 0. The Morgan fingerprint density at radius 2 is 1.92 bits per heavy atom. The third kappa shape index (κ3) is 4.47. The minimum Gasteiger partial charge on any atom is -0.486 e. The Morgan fingerprint density at radius 1 is 1.12 bits per heavy atom. The van der Waals surface area contributed by atoms with Crippen LogP contribution in [0.2, 0.25) is 0 Å². The van der Waals surface area contributed by atoms with E-state index in [4.69, 9.17) is 9.47 Å². The van der Waals surface area contributed by atoms with Crippen molar-refractivity contribution in [2.75, 3.05) is 18.5 Å². The molecule has 0 fully saturated rings. The molecule has 5 nitrogen and oxygen atoms in total. The summed E-state index contributed by atoms with van der Waals surface area (Å²) in [6.07, 6.45) is 2.77. The number of hydrogen-bond donors (Lipinski definition) is 1. The van der Waals surface area contributed by atoms with Gasteiger partial charge >= 0.3 is 6.61 Å². The highest BCUT2D eigenvalue weighted by Crippen LogP contribution is 2.32. The van der Waals surface area contributed by atoms with E-state index in [0.717, 1.165) is 5.69 Å². The topological polar surface area (TPSA) is 56.8 Å². The van der Waals surface area contributed by atoms with E-state index in [0.29, 0.717) is 24.7 Å². The summed E-state index contributed by atoms with van der Waals surface area (Å²) in [6, 6.07) is 11.0. The number of fused-ring (bicyclic) bond motifs is 1. The van der Waals surface area contributed by atoms with Crippen LogP contribution in [0.3, 0.4) is 0 Å². The predicted octanol–water partition coefficient (Wildman–Crippen LogP) is 3.87. The number of nitrogens with one attached hydrogen (secondary N) is 1. The Hall–Kier alpha value is -3.09. The number of rotatable bonds is 6. The summed E-state index contributed by atoms with van der Waals surface area (Å²) in [6.45, 7) is -1.93. The Labute approximate surface area is 142 Å². The Morgan fingerprint density at radius 3 is 2.72 bits per heavy atom. The predicted molar refractivity (Wildman–Crippen MR) is 87.6 cm³/mol. The van der Waals surface area contributed by atoms with Crippen molar-refractivity contribution in [3.63, 3.8) is 0 Å². The molecule has 0 atom stereocenters. The third-order valence-electron chi connectivity index (χ3n) is 3.37. The number of allylic oxidation sites excluding steroid dienone is 1. The average molecular weight is 347 g/mol. The molecule has 25 heavy (non-hydrogen) atoms. The van der Waals surface area contributed by atoms with E-state index in [1.165, 1.54) is 36.5 Å². The van der Waals surface area contributed by atoms with Gasteiger partial charge in [-0.25, -0.2) is 0 Å². The summed E-state index contributed by atoms with van der Waals surface area (Å²) in [4.78, 5) is 12.1. The molecule has 1 aliphatic heterocycles. The second-order valence-electron chi connectivity index (χ2n) is 5.11. The van der Waals surface area contributed by atoms with Crippen LogP contribution in [0.4, 0.5) is 14.5 Å². The van der Waals surface area contributed by atoms with Crippen molar-refractivity contribution in [2.24, 2.45) is 0 Å². The molecule has 2 aromatic carbocycles. The molecular formula is C18H15F2NO4. The molecule has 0 radical (unpaired) electrons. The van der Waals surface area contributed by atoms with Crippen molar-refractivity contribution in [2.45, 2.75) is 6.61 Å². The van der Waals surface area contributed by atoms with Gasteiger partial charge in [-0.2, -0.15) is 8.78 Å². The van der Waals surface area contributed by atoms with E-state index in [2.05, 4.69) is 10.1 Å². The van der Waals surface area contributed by atoms with Gasteiger partial charge in [0.25, 0.3) is 0 Å². The second kappa shape index (κ2) is 7.65. The fourth-order valence-electron chi connectivity index (χ4n) is 2.27. The summed E-state index contributed by atoms with van der Waals surface area (Å²) in [7, 11) is 0. The van der Waals surface area contributed by atoms with Crippen LogP contribution in [-0.2, 0) is 0 Å². The number of benzene rings is 2. The molecule has 0 unspecified atom stereocenters. The van der Waals surface area contributed by atoms with Crippen molar-refractivity contribution in [1.82, 2.24) is 0 Å². The van der Waals surface area contributed by atoms with E-state index in [1.54, 1.807) is 18.2 Å². The number of carbonyl (C=O) groups is 1. The minimum absolute atomic E-state index is 0.0611. The molecule has 1 N–H and O–H groups in total. The second-order valence-corrected chi connectivity index (χ2v) is 5.11. The van der Waals surface area contributed by atoms with Gasteiger partial charge < -0.3 is 19.5 Å². The number of carbonyl (C=O) groups excluding carboxylic acids is 1. The summed E-state index contributed by atoms with van der Waals surface area (Å²) in [5, 5.41) is 2.95. The van der Waals surface area contributed by atoms with Gasteiger partial charge in [0.2, 0.25) is 0 Å². The highest BCUT2D eigenvalue weighted by Gasteiger charge is 2.11. The van der Waals surface area contributed by atoms with E-state index in [-0.39, 0.29) is 17.1 Å². The normalized spacial score (nSPS) is 13.1. The fourth-order valence-corrected chi connectivity index (χ4v) is 2.27. The van der Waals surface area contributed by atoms with E-state index >= 15 is 0 Å². The van der Waals surface area contributed by atoms with Gasteiger partial charge in [-0.3, -0.25) is 4.79 Å². The first-order valence-corrected chi connectivity index (χ1v) is 7.54. The van der Waals surface area contributed by atoms with Gasteiger partial charge in [0, 0.05) is 29.6 Å². The molecule has 7 heteroatoms. The van der Waals surface area contributed by atoms with Crippen LogP contribution in [0.25, 0.3) is 0 Å². The lowest BCUT2D eigenvalue weighted by Crippen LogP contribution is -2.15. The lowest BCUT2D eigenvalue weighted by Gasteiger charge is -2.18. The minimum atomic E-state index is -2.93. The van der Waals surface area contributed by atoms with Crippen LogP contribution in [0, 0.1) is 0 Å². The van der Waals surface area contributed by atoms with E-state index in [9.17, 15) is 13.6 Å². The number of ether oxygens (including phenoxy) is 3. The Bertz CT molecular complexity index is 792. The highest BCUT2D eigenvalue weighted by atomic mass is 19.3. The summed E-state index contributed by atoms with van der Waals surface area (Å²) in [5.74, 6) is 0.902. The van der Waals surface area contributed by atoms with Gasteiger partial charge in [-0.1, -0.05) is 12.1 Å². The molecule has 0 spiro atoms. The molecule has 3 rings (SSSR count). The van der Waals surface area contributed by atoms with Crippen molar-refractivity contribution in [3.05, 3.63) is 60.3 Å². The van der Waals surface area contributed by atoms with Gasteiger partial charge in [-0.05, 0) is 24.3 Å². The summed E-state index contributed by atoms with van der Waals surface area (Å²) < 4.78 is 39.6. The van der Waals surface area contributed by atoms with Gasteiger partial charge in [0.05, 0.1) is 0 Å². The maximum atomic E-state index is 12.2. The number of anilines is 1. The van der Waals surface area contributed by atoms with Crippen LogP contribution < -0.4 is 19.5 Å². The monoisotopic (exact) mass is 347 g/mol. The molecule has 0 bridgehead atoms. The number of ketones is 1. The van der Waals surface area contributed by atoms with Crippen molar-refractivity contribution >= 4 is 11.5 Å². The molecule has 1 heterocycles. The molecule has 0 saturated carbocycles. The molecule has 130 valence electrons. The van der Waals surface area contributed by atoms with Crippen molar-refractivity contribution in [1.29, 1.82) is 0 Å². The largest absolute Gasteiger partial charge is 0.486 e. The number of hydrogen-bond acceptors (Lipinski definition) is 5. The van der Waals surface area contributed by atoms with Gasteiger partial charge in [0.15, 0.2) is 17.3 Å². The first kappa shape index (κ1) is 16.8. The molecule has 0 aliphatic carbocycles. The molecule has 0 saturated heterocycles. The van der Waals surface area contributed by atoms with Crippen molar-refractivity contribution < 1.29 is 27.8 Å². The molecule has 1 aliphatic rings. The fraction of sp³-hybridized carbons (Fsp3) is 0.167. The SMILES string of the molecule is O=C(C=CNc1ccc2c(c1)OCCO2)c1cccc(OC(F)F)c1. The Balaban J connectivity index is 1.63. The zero-order valence-electron chi connectivity index (χ0n) is 13.1. The third-order valence-corrected chi connectivity index (χ3v) is 3.37. The maximum Gasteiger partial charge on any atom is 0.387 e. The van der Waals surface area contributed by atoms with Crippen molar-refractivity contribution in [3.8, 4) is 17.2 Å². The van der Waals surface area contributed by atoms with Gasteiger partial charge in [-0.15, -0.1) is 0 Å². The first-order chi connectivity index (χ1) is 12.1. The van der Waals surface area contributed by atoms with Crippen LogP contribution in [0.15, 0.2) is 54.7 Å². The van der Waals surface area contributed by atoms with E-state index < -0.39 is 6.61 Å². The zero-order valence-corrected chi connectivity index (χ0v) is 13.1. The Kier molecular flexibility index (Phi) is 5.13. The zero-order chi connectivity index (χ0) is 17.6. The molecule has 2 aromatic rings. The quantitative estimate of drug-likeness (QED) is 0.635. The number of alkyl halides is 2. The molecule has 0 amide bonds. The highest BCUT2D eigenvalue weighted by molar-refractivity contribution is 6.04. The smallest absolute Gasteiger partial charge is 0.387 e. The molecular weight excluding hydrogens is 332 g/mol. The molecule has 0 aromatic heterocycles. The first-order valence-electron chi connectivity index (χ1n) is 7.54. The van der Waals surface area contributed by atoms with Crippen LogP contribution in [0.5, 0.6) is 17.2 Å². The lowest BCUT2D eigenvalue weighted by atomic mass is 10.1. The van der Waals surface area contributed by atoms with E-state index in [1.807, 2.05) is 0 Å². The van der Waals surface area contributed by atoms with Gasteiger partial charge in [0.1, 0.15) is 19.0 Å².